The van der Waals surface area contributed by atoms with Crippen LogP contribution in [0.3, 0.4) is 0 Å². The summed E-state index contributed by atoms with van der Waals surface area (Å²) in [5, 5.41) is 35.0. The number of nitrogens with zero attached hydrogens (tertiary/aromatic N) is 1. The molecule has 6 heteroatoms. The third kappa shape index (κ3) is 3.92. The number of ketones is 1. The molecule has 6 nitrogen and oxygen atoms in total. The smallest absolute Gasteiger partial charge is 0.191 e. The van der Waals surface area contributed by atoms with Gasteiger partial charge in [-0.3, -0.25) is 4.79 Å². The highest BCUT2D eigenvalue weighted by Crippen LogP contribution is 2.46. The van der Waals surface area contributed by atoms with Gasteiger partial charge in [0.05, 0.1) is 16.8 Å². The van der Waals surface area contributed by atoms with E-state index in [4.69, 9.17) is 0 Å². The Bertz CT molecular complexity index is 1090. The van der Waals surface area contributed by atoms with Gasteiger partial charge in [0.2, 0.25) is 0 Å². The molecule has 0 spiro atoms. The molecular formula is C26H26N2O4. The summed E-state index contributed by atoms with van der Waals surface area (Å²) in [6.07, 6.45) is 0. The number of aliphatic hydroxyl groups excluding tert-OH is 1. The average Bonchev–Trinajstić information content (AvgIpc) is 2.78. The number of rotatable bonds is 7. The first-order valence-corrected chi connectivity index (χ1v) is 10.6. The predicted molar refractivity (Wildman–Crippen MR) is 126 cm³/mol. The van der Waals surface area contributed by atoms with Crippen LogP contribution >= 0.6 is 0 Å². The van der Waals surface area contributed by atoms with Gasteiger partial charge in [-0.1, -0.05) is 50.2 Å². The number of anilines is 3. The molecule has 0 aromatic heterocycles. The highest BCUT2D eigenvalue weighted by atomic mass is 16.3. The molecule has 0 bridgehead atoms. The van der Waals surface area contributed by atoms with Gasteiger partial charge >= 0.3 is 0 Å². The van der Waals surface area contributed by atoms with Crippen molar-refractivity contribution in [2.75, 3.05) is 11.4 Å². The van der Waals surface area contributed by atoms with Gasteiger partial charge in [0, 0.05) is 23.5 Å². The molecule has 0 radical (unpaired) electrons. The number of aliphatic hydroxyl groups is 1. The lowest BCUT2D eigenvalue weighted by Gasteiger charge is -2.31. The fourth-order valence-electron chi connectivity index (χ4n) is 3.84. The average molecular weight is 431 g/mol. The number of para-hydroxylation sites is 2. The van der Waals surface area contributed by atoms with Crippen LogP contribution in [-0.4, -0.2) is 33.7 Å². The number of nitrogens with one attached hydrogen (secondary N) is 1. The van der Waals surface area contributed by atoms with Crippen LogP contribution in [0.4, 0.5) is 17.1 Å². The van der Waals surface area contributed by atoms with Gasteiger partial charge in [-0.2, -0.15) is 0 Å². The first-order chi connectivity index (χ1) is 15.4. The summed E-state index contributed by atoms with van der Waals surface area (Å²) in [6, 6.07) is 21.3. The van der Waals surface area contributed by atoms with E-state index in [0.717, 1.165) is 11.4 Å². The van der Waals surface area contributed by atoms with E-state index in [1.807, 2.05) is 79.4 Å². The summed E-state index contributed by atoms with van der Waals surface area (Å²) in [4.78, 5) is 14.5. The number of Topliss-reactive ketones (excluding diaryl/α,β-unsaturated/α-hetero) is 1. The van der Waals surface area contributed by atoms with E-state index in [1.165, 1.54) is 12.1 Å². The van der Waals surface area contributed by atoms with Crippen molar-refractivity contribution in [1.29, 1.82) is 0 Å². The normalized spacial score (nSPS) is 15.7. The van der Waals surface area contributed by atoms with Gasteiger partial charge in [-0.15, -0.1) is 0 Å². The van der Waals surface area contributed by atoms with Crippen molar-refractivity contribution >= 4 is 28.4 Å². The van der Waals surface area contributed by atoms with Crippen LogP contribution in [0.15, 0.2) is 78.6 Å². The molecule has 3 aromatic rings. The number of phenolic OH excluding ortho intramolecular Hbond substituents is 2. The Labute approximate surface area is 187 Å². The Hall–Kier alpha value is -3.77. The number of hydrogen-bond donors (Lipinski definition) is 4. The lowest BCUT2D eigenvalue weighted by Crippen LogP contribution is -2.48. The lowest BCUT2D eigenvalue weighted by atomic mass is 9.82. The van der Waals surface area contributed by atoms with E-state index in [1.54, 1.807) is 0 Å². The number of hydrogen-bond acceptors (Lipinski definition) is 6. The minimum atomic E-state index is -0.809. The zero-order chi connectivity index (χ0) is 22.8. The molecule has 1 aliphatic carbocycles. The predicted octanol–water partition coefficient (Wildman–Crippen LogP) is 5.03. The summed E-state index contributed by atoms with van der Waals surface area (Å²) in [7, 11) is 0. The van der Waals surface area contributed by atoms with Crippen molar-refractivity contribution in [1.82, 2.24) is 5.32 Å². The molecule has 4 N–H and O–H groups in total. The Balaban J connectivity index is 1.75. The van der Waals surface area contributed by atoms with Crippen molar-refractivity contribution in [3.8, 4) is 11.5 Å². The summed E-state index contributed by atoms with van der Waals surface area (Å²) >= 11 is 0. The third-order valence-corrected chi connectivity index (χ3v) is 5.39. The van der Waals surface area contributed by atoms with Crippen molar-refractivity contribution in [3.63, 3.8) is 0 Å². The molecule has 0 aliphatic heterocycles. The second-order valence-electron chi connectivity index (χ2n) is 8.23. The van der Waals surface area contributed by atoms with Crippen LogP contribution in [0.2, 0.25) is 0 Å². The monoisotopic (exact) mass is 430 g/mol. The van der Waals surface area contributed by atoms with Crippen molar-refractivity contribution < 1.29 is 20.1 Å². The third-order valence-electron chi connectivity index (χ3n) is 5.39. The zero-order valence-electron chi connectivity index (χ0n) is 18.0. The summed E-state index contributed by atoms with van der Waals surface area (Å²) in [6.45, 7) is 4.56. The van der Waals surface area contributed by atoms with Gasteiger partial charge in [0.25, 0.3) is 0 Å². The maximum Gasteiger partial charge on any atom is 0.191 e. The summed E-state index contributed by atoms with van der Waals surface area (Å²) in [5.41, 5.74) is 2.08. The van der Waals surface area contributed by atoms with Crippen LogP contribution < -0.4 is 10.2 Å². The van der Waals surface area contributed by atoms with Crippen LogP contribution in [0.5, 0.6) is 11.5 Å². The molecule has 0 fully saturated rings. The Kier molecular flexibility index (Phi) is 5.88. The van der Waals surface area contributed by atoms with Gasteiger partial charge in [0.15, 0.2) is 5.78 Å². The minimum absolute atomic E-state index is 0.0556. The molecule has 4 rings (SSSR count). The van der Waals surface area contributed by atoms with Crippen LogP contribution in [-0.2, 0) is 4.79 Å². The number of benzene rings is 3. The number of carbonyl (C=O) groups excluding carboxylic acids is 1. The Morgan fingerprint density at radius 3 is 1.78 bits per heavy atom. The van der Waals surface area contributed by atoms with Crippen LogP contribution in [0, 0.1) is 5.92 Å². The second-order valence-corrected chi connectivity index (χ2v) is 8.23. The molecule has 1 aliphatic rings. The van der Waals surface area contributed by atoms with E-state index in [0.29, 0.717) is 18.2 Å². The van der Waals surface area contributed by atoms with Gasteiger partial charge < -0.3 is 25.5 Å². The standard InChI is InChI=1S/C26H26N2O4/c1-16(2)15-27-24-25(31)23(26(24)32)22-20(29)13-19(14-21(22)30)28(17-9-5-3-6-10-17)18-11-7-4-8-12-18/h3-14,16,24,27,29-31H,15H2,1-2H3. The first kappa shape index (κ1) is 21.5. The first-order valence-electron chi connectivity index (χ1n) is 10.6. The number of carbonyl (C=O) groups is 1. The molecule has 164 valence electrons. The molecule has 3 aromatic carbocycles. The van der Waals surface area contributed by atoms with E-state index in [9.17, 15) is 20.1 Å². The van der Waals surface area contributed by atoms with Crippen LogP contribution in [0.1, 0.15) is 19.4 Å². The number of aromatic hydroxyl groups is 2. The maximum atomic E-state index is 12.6. The molecule has 0 amide bonds. The molecule has 0 saturated heterocycles. The van der Waals surface area contributed by atoms with E-state index in [-0.39, 0.29) is 34.2 Å². The van der Waals surface area contributed by atoms with Crippen LogP contribution in [0.25, 0.3) is 5.57 Å². The lowest BCUT2D eigenvalue weighted by molar-refractivity contribution is -0.117. The quantitative estimate of drug-likeness (QED) is 0.420. The largest absolute Gasteiger partial charge is 0.509 e. The van der Waals surface area contributed by atoms with E-state index >= 15 is 0 Å². The molecule has 0 heterocycles. The van der Waals surface area contributed by atoms with Gasteiger partial charge in [0.1, 0.15) is 23.3 Å². The van der Waals surface area contributed by atoms with Gasteiger partial charge in [-0.25, -0.2) is 0 Å². The maximum absolute atomic E-state index is 12.6. The zero-order valence-corrected chi connectivity index (χ0v) is 18.0. The van der Waals surface area contributed by atoms with E-state index < -0.39 is 6.04 Å². The van der Waals surface area contributed by atoms with Gasteiger partial charge in [-0.05, 0) is 36.7 Å². The van der Waals surface area contributed by atoms with Crippen molar-refractivity contribution in [2.24, 2.45) is 5.92 Å². The Morgan fingerprint density at radius 2 is 1.34 bits per heavy atom. The summed E-state index contributed by atoms with van der Waals surface area (Å²) < 4.78 is 0. The van der Waals surface area contributed by atoms with Crippen molar-refractivity contribution in [2.45, 2.75) is 19.9 Å². The summed E-state index contributed by atoms with van der Waals surface area (Å²) in [5.74, 6) is -0.785. The highest BCUT2D eigenvalue weighted by Gasteiger charge is 2.42. The SMILES string of the molecule is CC(C)CNC1C(=O)C(c2c(O)cc(N(c3ccccc3)c3ccccc3)cc2O)=C1O. The number of phenols is 2. The van der Waals surface area contributed by atoms with Crippen molar-refractivity contribution in [3.05, 3.63) is 84.1 Å². The second kappa shape index (κ2) is 8.77. The Morgan fingerprint density at radius 1 is 0.844 bits per heavy atom. The molecule has 1 atom stereocenters. The fourth-order valence-corrected chi connectivity index (χ4v) is 3.84. The van der Waals surface area contributed by atoms with E-state index in [2.05, 4.69) is 5.32 Å². The molecule has 1 unspecified atom stereocenters. The molecule has 0 saturated carbocycles. The molecule has 32 heavy (non-hydrogen) atoms. The topological polar surface area (TPSA) is 93.0 Å². The minimum Gasteiger partial charge on any atom is -0.509 e. The molecular weight excluding hydrogens is 404 g/mol. The fraction of sp³-hybridized carbons (Fsp3) is 0.192. The highest BCUT2D eigenvalue weighted by molar-refractivity contribution is 6.32.